The zero-order chi connectivity index (χ0) is 14.6. The van der Waals surface area contributed by atoms with Gasteiger partial charge < -0.3 is 14.2 Å². The third-order valence-electron chi connectivity index (χ3n) is 2.29. The van der Waals surface area contributed by atoms with E-state index < -0.39 is 40.9 Å². The Kier molecular flexibility index (Phi) is 5.93. The van der Waals surface area contributed by atoms with Gasteiger partial charge in [-0.15, -0.1) is 23.4 Å². The molecule has 1 aliphatic rings. The van der Waals surface area contributed by atoms with Gasteiger partial charge >= 0.3 is 17.9 Å². The fourth-order valence-corrected chi connectivity index (χ4v) is 3.14. The summed E-state index contributed by atoms with van der Waals surface area (Å²) in [4.78, 5) is 33.2. The van der Waals surface area contributed by atoms with Gasteiger partial charge in [-0.2, -0.15) is 0 Å². The Morgan fingerprint density at radius 2 is 1.42 bits per heavy atom. The summed E-state index contributed by atoms with van der Waals surface area (Å²) in [6, 6.07) is 0. The number of esters is 3. The van der Waals surface area contributed by atoms with Crippen molar-refractivity contribution < 1.29 is 28.6 Å². The first-order valence-electron chi connectivity index (χ1n) is 5.58. The van der Waals surface area contributed by atoms with Crippen molar-refractivity contribution in [1.82, 2.24) is 0 Å². The average molecular weight is 311 g/mol. The molecule has 108 valence electrons. The van der Waals surface area contributed by atoms with E-state index in [1.807, 2.05) is 0 Å². The van der Waals surface area contributed by atoms with Crippen molar-refractivity contribution in [1.29, 1.82) is 0 Å². The van der Waals surface area contributed by atoms with Crippen LogP contribution in [0.25, 0.3) is 0 Å². The highest BCUT2D eigenvalue weighted by molar-refractivity contribution is 8.01. The molecular weight excluding hydrogens is 296 g/mol. The summed E-state index contributed by atoms with van der Waals surface area (Å²) in [7, 11) is 0. The van der Waals surface area contributed by atoms with Gasteiger partial charge in [0.2, 0.25) is 0 Å². The molecule has 0 bridgehead atoms. The van der Waals surface area contributed by atoms with Crippen LogP contribution >= 0.6 is 23.4 Å². The number of rotatable bonds is 3. The summed E-state index contributed by atoms with van der Waals surface area (Å²) in [5.74, 6) is -1.24. The maximum Gasteiger partial charge on any atom is 0.303 e. The van der Waals surface area contributed by atoms with Crippen LogP contribution in [0.4, 0.5) is 0 Å². The minimum Gasteiger partial charge on any atom is -0.458 e. The molecule has 4 atom stereocenters. The van der Waals surface area contributed by atoms with Crippen molar-refractivity contribution in [3.63, 3.8) is 0 Å². The molecule has 0 aromatic carbocycles. The van der Waals surface area contributed by atoms with Crippen LogP contribution in [0, 0.1) is 0 Å². The SMILES string of the molecule is CC(=O)O[C@@H]1[C@@H](OC(C)=O)[C@@H](Cl)SC[C@H]1OC(C)=O. The second-order valence-electron chi connectivity index (χ2n) is 3.98. The number of hydrogen-bond donors (Lipinski definition) is 0. The minimum absolute atomic E-state index is 0.365. The molecule has 1 rings (SSSR count). The summed E-state index contributed by atoms with van der Waals surface area (Å²) in [6.45, 7) is 3.71. The number of carbonyl (C=O) groups is 3. The van der Waals surface area contributed by atoms with Gasteiger partial charge in [0.05, 0.1) is 0 Å². The molecule has 0 unspecified atom stereocenters. The van der Waals surface area contributed by atoms with Crippen LogP contribution in [0.5, 0.6) is 0 Å². The van der Waals surface area contributed by atoms with E-state index in [9.17, 15) is 14.4 Å². The second kappa shape index (κ2) is 7.00. The van der Waals surface area contributed by atoms with E-state index >= 15 is 0 Å². The molecule has 1 heterocycles. The van der Waals surface area contributed by atoms with Gasteiger partial charge in [-0.25, -0.2) is 0 Å². The largest absolute Gasteiger partial charge is 0.458 e. The first-order valence-corrected chi connectivity index (χ1v) is 7.07. The summed E-state index contributed by atoms with van der Waals surface area (Å²) in [5, 5.41) is 0. The van der Waals surface area contributed by atoms with Crippen molar-refractivity contribution in [3.8, 4) is 0 Å². The highest BCUT2D eigenvalue weighted by Crippen LogP contribution is 2.34. The molecule has 1 saturated heterocycles. The minimum atomic E-state index is -0.894. The molecule has 8 heteroatoms. The topological polar surface area (TPSA) is 78.9 Å². The lowest BCUT2D eigenvalue weighted by atomic mass is 10.1. The maximum absolute atomic E-state index is 11.1. The second-order valence-corrected chi connectivity index (χ2v) is 5.88. The highest BCUT2D eigenvalue weighted by Gasteiger charge is 2.45. The van der Waals surface area contributed by atoms with E-state index in [-0.39, 0.29) is 0 Å². The Morgan fingerprint density at radius 3 is 1.89 bits per heavy atom. The van der Waals surface area contributed by atoms with Gasteiger partial charge in [0.25, 0.3) is 0 Å². The predicted octanol–water partition coefficient (Wildman–Crippen LogP) is 1.09. The Labute approximate surface area is 120 Å². The molecule has 0 N–H and O–H groups in total. The average Bonchev–Trinajstić information content (AvgIpc) is 2.25. The molecule has 0 aromatic heterocycles. The zero-order valence-electron chi connectivity index (χ0n) is 10.8. The van der Waals surface area contributed by atoms with Gasteiger partial charge in [0.1, 0.15) is 4.71 Å². The van der Waals surface area contributed by atoms with Gasteiger partial charge in [-0.1, -0.05) is 0 Å². The summed E-state index contributed by atoms with van der Waals surface area (Å²) >= 11 is 7.33. The highest BCUT2D eigenvalue weighted by atomic mass is 35.5. The lowest BCUT2D eigenvalue weighted by Crippen LogP contribution is -2.52. The van der Waals surface area contributed by atoms with E-state index in [1.54, 1.807) is 0 Å². The number of thioether (sulfide) groups is 1. The van der Waals surface area contributed by atoms with Crippen molar-refractivity contribution in [2.75, 3.05) is 5.75 Å². The van der Waals surface area contributed by atoms with Gasteiger partial charge in [0.15, 0.2) is 18.3 Å². The van der Waals surface area contributed by atoms with Crippen molar-refractivity contribution in [3.05, 3.63) is 0 Å². The summed E-state index contributed by atoms with van der Waals surface area (Å²) < 4.78 is 14.7. The van der Waals surface area contributed by atoms with Gasteiger partial charge in [-0.3, -0.25) is 14.4 Å². The molecule has 0 aromatic rings. The van der Waals surface area contributed by atoms with Crippen molar-refractivity contribution >= 4 is 41.3 Å². The molecule has 0 radical (unpaired) electrons. The first-order chi connectivity index (χ1) is 8.81. The van der Waals surface area contributed by atoms with Crippen LogP contribution in [0.3, 0.4) is 0 Å². The van der Waals surface area contributed by atoms with E-state index in [1.165, 1.54) is 32.5 Å². The number of ether oxygens (including phenoxy) is 3. The molecule has 0 aliphatic carbocycles. The lowest BCUT2D eigenvalue weighted by molar-refractivity contribution is -0.180. The monoisotopic (exact) mass is 310 g/mol. The molecular formula is C11H15ClO6S. The summed E-state index contributed by atoms with van der Waals surface area (Å²) in [5.41, 5.74) is 0. The van der Waals surface area contributed by atoms with Crippen LogP contribution in [0.15, 0.2) is 0 Å². The molecule has 0 spiro atoms. The number of carbonyl (C=O) groups excluding carboxylic acids is 3. The van der Waals surface area contributed by atoms with E-state index in [0.717, 1.165) is 0 Å². The normalized spacial score (nSPS) is 30.3. The third-order valence-corrected chi connectivity index (χ3v) is 4.02. The molecule has 0 amide bonds. The van der Waals surface area contributed by atoms with Crippen molar-refractivity contribution in [2.24, 2.45) is 0 Å². The molecule has 19 heavy (non-hydrogen) atoms. The third kappa shape index (κ3) is 4.91. The number of halogens is 1. The number of hydrogen-bond acceptors (Lipinski definition) is 7. The van der Waals surface area contributed by atoms with E-state index in [2.05, 4.69) is 0 Å². The standard InChI is InChI=1S/C11H15ClO6S/c1-5(13)16-8-4-19-11(12)10(18-7(3)15)9(8)17-6(2)14/h8-11H,4H2,1-3H3/t8-,9+,10-,11+/m1/s1. The Balaban J connectivity index is 2.89. The van der Waals surface area contributed by atoms with E-state index in [4.69, 9.17) is 25.8 Å². The fraction of sp³-hybridized carbons (Fsp3) is 0.727. The van der Waals surface area contributed by atoms with Crippen LogP contribution in [-0.4, -0.2) is 46.7 Å². The van der Waals surface area contributed by atoms with Crippen LogP contribution < -0.4 is 0 Å². The molecule has 6 nitrogen and oxygen atoms in total. The Hall–Kier alpha value is -0.950. The van der Waals surface area contributed by atoms with Crippen LogP contribution in [0.2, 0.25) is 0 Å². The lowest BCUT2D eigenvalue weighted by Gasteiger charge is -2.37. The first kappa shape index (κ1) is 16.1. The van der Waals surface area contributed by atoms with Gasteiger partial charge in [0, 0.05) is 26.5 Å². The zero-order valence-corrected chi connectivity index (χ0v) is 12.3. The molecule has 0 saturated carbocycles. The molecule has 1 fully saturated rings. The Bertz CT molecular complexity index is 374. The molecule has 1 aliphatic heterocycles. The fourth-order valence-electron chi connectivity index (χ4n) is 1.70. The number of alkyl halides is 1. The quantitative estimate of drug-likeness (QED) is 0.438. The Morgan fingerprint density at radius 1 is 0.947 bits per heavy atom. The smallest absolute Gasteiger partial charge is 0.303 e. The van der Waals surface area contributed by atoms with Gasteiger partial charge in [-0.05, 0) is 0 Å². The van der Waals surface area contributed by atoms with E-state index in [0.29, 0.717) is 5.75 Å². The van der Waals surface area contributed by atoms with Crippen LogP contribution in [0.1, 0.15) is 20.8 Å². The van der Waals surface area contributed by atoms with Crippen molar-refractivity contribution in [2.45, 2.75) is 43.8 Å². The predicted molar refractivity (Wildman–Crippen MR) is 68.8 cm³/mol. The van der Waals surface area contributed by atoms with Crippen LogP contribution in [-0.2, 0) is 28.6 Å². The maximum atomic E-state index is 11.1. The summed E-state index contributed by atoms with van der Waals surface area (Å²) in [6.07, 6.45) is -2.44.